The summed E-state index contributed by atoms with van der Waals surface area (Å²) < 4.78 is 23.8. The highest BCUT2D eigenvalue weighted by Gasteiger charge is 2.51. The van der Waals surface area contributed by atoms with E-state index < -0.39 is 29.9 Å². The lowest BCUT2D eigenvalue weighted by Crippen LogP contribution is -2.46. The standard InChI is InChI=1S/C20H28N2O5/c1-11(13-9-22-18-12(13)7-6-8-21-18)16-17(27-20(4,5)26-16)15(23)14-10-24-19(2,3)25-14/h6-9,11,14-17,23H,10H2,1-5H3,(H,21,22). The molecule has 2 aromatic heterocycles. The van der Waals surface area contributed by atoms with Gasteiger partial charge in [0.25, 0.3) is 0 Å². The summed E-state index contributed by atoms with van der Waals surface area (Å²) in [5.41, 5.74) is 1.93. The van der Waals surface area contributed by atoms with Crippen molar-refractivity contribution in [3.05, 3.63) is 30.1 Å². The molecule has 27 heavy (non-hydrogen) atoms. The van der Waals surface area contributed by atoms with E-state index in [1.807, 2.05) is 46.0 Å². The number of nitrogens with zero attached hydrogens (tertiary/aromatic N) is 1. The van der Waals surface area contributed by atoms with Gasteiger partial charge in [0.15, 0.2) is 11.6 Å². The lowest BCUT2D eigenvalue weighted by molar-refractivity contribution is -0.178. The third-order valence-electron chi connectivity index (χ3n) is 5.38. The predicted octanol–water partition coefficient (Wildman–Crippen LogP) is 2.70. The van der Waals surface area contributed by atoms with E-state index >= 15 is 0 Å². The maximum atomic E-state index is 11.0. The Morgan fingerprint density at radius 1 is 1.15 bits per heavy atom. The van der Waals surface area contributed by atoms with Gasteiger partial charge in [-0.3, -0.25) is 0 Å². The molecule has 0 spiro atoms. The van der Waals surface area contributed by atoms with Gasteiger partial charge in [0, 0.05) is 23.7 Å². The first-order valence-electron chi connectivity index (χ1n) is 9.44. The third kappa shape index (κ3) is 3.50. The second kappa shape index (κ2) is 6.53. The molecule has 148 valence electrons. The van der Waals surface area contributed by atoms with Gasteiger partial charge < -0.3 is 29.0 Å². The number of aromatic amines is 1. The summed E-state index contributed by atoms with van der Waals surface area (Å²) in [5, 5.41) is 12.1. The summed E-state index contributed by atoms with van der Waals surface area (Å²) in [4.78, 5) is 7.57. The number of aromatic nitrogens is 2. The molecular weight excluding hydrogens is 348 g/mol. The predicted molar refractivity (Wildman–Crippen MR) is 99.2 cm³/mol. The van der Waals surface area contributed by atoms with Gasteiger partial charge in [-0.25, -0.2) is 4.98 Å². The Kier molecular flexibility index (Phi) is 4.56. The van der Waals surface area contributed by atoms with Gasteiger partial charge in [0.2, 0.25) is 0 Å². The molecule has 2 aliphatic rings. The van der Waals surface area contributed by atoms with Crippen molar-refractivity contribution in [1.29, 1.82) is 0 Å². The SMILES string of the molecule is CC(c1c[nH]c2ncccc12)C1OC(C)(C)OC1C(O)C1COC(C)(C)O1. The summed E-state index contributed by atoms with van der Waals surface area (Å²) >= 11 is 0. The monoisotopic (exact) mass is 376 g/mol. The van der Waals surface area contributed by atoms with Crippen LogP contribution in [0.25, 0.3) is 11.0 Å². The summed E-state index contributed by atoms with van der Waals surface area (Å²) in [7, 11) is 0. The summed E-state index contributed by atoms with van der Waals surface area (Å²) in [6.07, 6.45) is 1.54. The smallest absolute Gasteiger partial charge is 0.163 e. The number of aliphatic hydroxyl groups is 1. The van der Waals surface area contributed by atoms with Gasteiger partial charge in [0.05, 0.1) is 12.7 Å². The van der Waals surface area contributed by atoms with Crippen molar-refractivity contribution in [3.8, 4) is 0 Å². The number of nitrogens with one attached hydrogen (secondary N) is 1. The lowest BCUT2D eigenvalue weighted by Gasteiger charge is -2.29. The zero-order valence-electron chi connectivity index (χ0n) is 16.4. The maximum absolute atomic E-state index is 11.0. The summed E-state index contributed by atoms with van der Waals surface area (Å²) in [5.74, 6) is -1.51. The minimum atomic E-state index is -0.857. The van der Waals surface area contributed by atoms with Crippen molar-refractivity contribution in [2.24, 2.45) is 0 Å². The highest BCUT2D eigenvalue weighted by molar-refractivity contribution is 5.80. The molecule has 0 bridgehead atoms. The molecule has 0 aliphatic carbocycles. The molecule has 0 radical (unpaired) electrons. The first-order valence-corrected chi connectivity index (χ1v) is 9.44. The van der Waals surface area contributed by atoms with Gasteiger partial charge in [0.1, 0.15) is 24.0 Å². The molecule has 0 amide bonds. The van der Waals surface area contributed by atoms with Crippen molar-refractivity contribution in [1.82, 2.24) is 9.97 Å². The van der Waals surface area contributed by atoms with Crippen LogP contribution in [-0.4, -0.2) is 57.7 Å². The largest absolute Gasteiger partial charge is 0.387 e. The number of hydrogen-bond donors (Lipinski definition) is 2. The third-order valence-corrected chi connectivity index (χ3v) is 5.38. The number of pyridine rings is 1. The Hall–Kier alpha value is -1.51. The molecule has 5 atom stereocenters. The molecule has 4 heterocycles. The Balaban J connectivity index is 1.61. The Labute approximate surface area is 159 Å². The van der Waals surface area contributed by atoms with Crippen LogP contribution in [0.5, 0.6) is 0 Å². The van der Waals surface area contributed by atoms with Crippen LogP contribution < -0.4 is 0 Å². The van der Waals surface area contributed by atoms with Crippen LogP contribution in [0.3, 0.4) is 0 Å². The van der Waals surface area contributed by atoms with E-state index in [1.54, 1.807) is 6.20 Å². The van der Waals surface area contributed by atoms with E-state index in [4.69, 9.17) is 18.9 Å². The molecule has 2 aromatic rings. The van der Waals surface area contributed by atoms with Crippen molar-refractivity contribution in [3.63, 3.8) is 0 Å². The fourth-order valence-corrected chi connectivity index (χ4v) is 4.09. The van der Waals surface area contributed by atoms with E-state index in [1.165, 1.54) is 0 Å². The molecule has 7 heteroatoms. The van der Waals surface area contributed by atoms with Crippen LogP contribution in [0.15, 0.2) is 24.5 Å². The van der Waals surface area contributed by atoms with E-state index in [2.05, 4.69) is 16.9 Å². The molecule has 5 unspecified atom stereocenters. The number of aliphatic hydroxyl groups excluding tert-OH is 1. The normalized spacial score (nSPS) is 32.0. The second-order valence-electron chi connectivity index (χ2n) is 8.35. The molecule has 2 aliphatic heterocycles. The molecule has 0 aromatic carbocycles. The van der Waals surface area contributed by atoms with Crippen LogP contribution in [0.1, 0.15) is 46.1 Å². The summed E-state index contributed by atoms with van der Waals surface area (Å²) in [6.45, 7) is 9.83. The zero-order chi connectivity index (χ0) is 19.4. The lowest BCUT2D eigenvalue weighted by atomic mass is 9.89. The van der Waals surface area contributed by atoms with Gasteiger partial charge in [-0.05, 0) is 45.4 Å². The molecule has 7 nitrogen and oxygen atoms in total. The molecule has 2 saturated heterocycles. The van der Waals surface area contributed by atoms with Crippen molar-refractivity contribution >= 4 is 11.0 Å². The zero-order valence-corrected chi connectivity index (χ0v) is 16.4. The van der Waals surface area contributed by atoms with Crippen molar-refractivity contribution < 1.29 is 24.1 Å². The van der Waals surface area contributed by atoms with Crippen LogP contribution in [0.4, 0.5) is 0 Å². The Morgan fingerprint density at radius 3 is 2.59 bits per heavy atom. The summed E-state index contributed by atoms with van der Waals surface area (Å²) in [6, 6.07) is 3.95. The highest BCUT2D eigenvalue weighted by Crippen LogP contribution is 2.41. The molecular formula is C20H28N2O5. The average Bonchev–Trinajstić information content (AvgIpc) is 3.28. The fraction of sp³-hybridized carbons (Fsp3) is 0.650. The number of fused-ring (bicyclic) bond motifs is 1. The van der Waals surface area contributed by atoms with E-state index in [0.29, 0.717) is 6.61 Å². The Bertz CT molecular complexity index is 818. The molecule has 4 rings (SSSR count). The quantitative estimate of drug-likeness (QED) is 0.853. The van der Waals surface area contributed by atoms with Crippen LogP contribution in [-0.2, 0) is 18.9 Å². The van der Waals surface area contributed by atoms with Gasteiger partial charge >= 0.3 is 0 Å². The fourth-order valence-electron chi connectivity index (χ4n) is 4.09. The minimum Gasteiger partial charge on any atom is -0.387 e. The molecule has 2 N–H and O–H groups in total. The second-order valence-corrected chi connectivity index (χ2v) is 8.35. The van der Waals surface area contributed by atoms with Gasteiger partial charge in [-0.1, -0.05) is 6.92 Å². The van der Waals surface area contributed by atoms with E-state index in [-0.39, 0.29) is 12.0 Å². The van der Waals surface area contributed by atoms with Crippen molar-refractivity contribution in [2.75, 3.05) is 6.61 Å². The highest BCUT2D eigenvalue weighted by atomic mass is 16.8. The van der Waals surface area contributed by atoms with E-state index in [9.17, 15) is 5.11 Å². The Morgan fingerprint density at radius 2 is 1.89 bits per heavy atom. The van der Waals surface area contributed by atoms with Crippen LogP contribution in [0.2, 0.25) is 0 Å². The first-order chi connectivity index (χ1) is 12.7. The van der Waals surface area contributed by atoms with E-state index in [0.717, 1.165) is 16.6 Å². The minimum absolute atomic E-state index is 0.0142. The van der Waals surface area contributed by atoms with Gasteiger partial charge in [-0.2, -0.15) is 0 Å². The number of hydrogen-bond acceptors (Lipinski definition) is 6. The van der Waals surface area contributed by atoms with Gasteiger partial charge in [-0.15, -0.1) is 0 Å². The number of rotatable bonds is 4. The van der Waals surface area contributed by atoms with Crippen molar-refractivity contribution in [2.45, 2.75) is 76.5 Å². The average molecular weight is 376 g/mol. The maximum Gasteiger partial charge on any atom is 0.163 e. The van der Waals surface area contributed by atoms with Crippen LogP contribution in [0, 0.1) is 0 Å². The number of H-pyrrole nitrogens is 1. The number of ether oxygens (including phenoxy) is 4. The molecule has 0 saturated carbocycles. The molecule has 2 fully saturated rings. The van der Waals surface area contributed by atoms with Crippen LogP contribution >= 0.6 is 0 Å². The first kappa shape index (κ1) is 18.8. The topological polar surface area (TPSA) is 85.8 Å².